The van der Waals surface area contributed by atoms with Crippen LogP contribution in [-0.4, -0.2) is 77.9 Å². The molecule has 33 heavy (non-hydrogen) atoms. The first-order valence-electron chi connectivity index (χ1n) is 11.4. The molecule has 3 atom stereocenters. The Morgan fingerprint density at radius 2 is 1.79 bits per heavy atom. The van der Waals surface area contributed by atoms with E-state index in [1.807, 2.05) is 6.08 Å². The normalized spacial score (nSPS) is 27.8. The van der Waals surface area contributed by atoms with E-state index in [1.165, 1.54) is 56.4 Å². The maximum absolute atomic E-state index is 10.2. The zero-order valence-electron chi connectivity index (χ0n) is 19.4. The molecule has 0 amide bonds. The summed E-state index contributed by atoms with van der Waals surface area (Å²) in [7, 11) is 1.71. The summed E-state index contributed by atoms with van der Waals surface area (Å²) in [6.07, 6.45) is 10.9. The van der Waals surface area contributed by atoms with Crippen molar-refractivity contribution in [2.75, 3.05) is 39.8 Å². The van der Waals surface area contributed by atoms with Crippen LogP contribution in [0.2, 0.25) is 0 Å². The smallest absolute Gasteiger partial charge is 0.166 e. The number of piperidine rings is 1. The molecule has 3 heterocycles. The number of hydrogen-bond donors (Lipinski definition) is 1. The van der Waals surface area contributed by atoms with Gasteiger partial charge in [-0.25, -0.2) is 0 Å². The van der Waals surface area contributed by atoms with Crippen molar-refractivity contribution in [3.63, 3.8) is 0 Å². The van der Waals surface area contributed by atoms with Gasteiger partial charge in [-0.3, -0.25) is 4.90 Å². The summed E-state index contributed by atoms with van der Waals surface area (Å²) in [6.45, 7) is 6.96. The van der Waals surface area contributed by atoms with Crippen molar-refractivity contribution in [1.29, 1.82) is 0 Å². The molecule has 1 aromatic carbocycles. The molecule has 1 aliphatic carbocycles. The van der Waals surface area contributed by atoms with E-state index in [-0.39, 0.29) is 56.4 Å². The van der Waals surface area contributed by atoms with E-state index in [0.29, 0.717) is 6.42 Å². The Morgan fingerprint density at radius 3 is 2.52 bits per heavy atom. The molecule has 190 valence electrons. The van der Waals surface area contributed by atoms with Crippen LogP contribution >= 0.6 is 34.0 Å². The third kappa shape index (κ3) is 5.77. The highest BCUT2D eigenvalue weighted by atomic mass is 79.9. The van der Waals surface area contributed by atoms with E-state index in [2.05, 4.69) is 28.0 Å². The maximum Gasteiger partial charge on any atom is 0.166 e. The van der Waals surface area contributed by atoms with Crippen LogP contribution < -0.4 is 9.47 Å². The van der Waals surface area contributed by atoms with Gasteiger partial charge in [0, 0.05) is 18.5 Å². The van der Waals surface area contributed by atoms with Crippen molar-refractivity contribution in [1.82, 2.24) is 9.80 Å². The quantitative estimate of drug-likeness (QED) is 0.526. The van der Waals surface area contributed by atoms with Crippen LogP contribution in [-0.2, 0) is 12.0 Å². The van der Waals surface area contributed by atoms with Crippen molar-refractivity contribution >= 4 is 34.0 Å². The van der Waals surface area contributed by atoms with Crippen molar-refractivity contribution in [2.45, 2.75) is 62.7 Å². The number of rotatable bonds is 5. The van der Waals surface area contributed by atoms with Gasteiger partial charge in [0.05, 0.1) is 18.6 Å². The number of aliphatic hydroxyl groups is 1. The molecular weight excluding hydrogens is 556 g/mol. The van der Waals surface area contributed by atoms with E-state index >= 15 is 0 Å². The summed E-state index contributed by atoms with van der Waals surface area (Å²) < 4.78 is 12.0. The molecule has 1 aromatic rings. The molecule has 0 bridgehead atoms. The molecule has 0 aromatic heterocycles. The summed E-state index contributed by atoms with van der Waals surface area (Å²) in [6, 6.07) is 4.28. The fourth-order valence-electron chi connectivity index (χ4n) is 5.89. The van der Waals surface area contributed by atoms with Crippen LogP contribution in [0.25, 0.3) is 0 Å². The van der Waals surface area contributed by atoms with Crippen LogP contribution in [0.15, 0.2) is 24.3 Å². The molecule has 0 saturated carbocycles. The lowest BCUT2D eigenvalue weighted by Crippen LogP contribution is -2.43. The largest absolute Gasteiger partial charge is 0.493 e. The molecular formula is C24H40Br2N2O5. The second-order valence-corrected chi connectivity index (χ2v) is 9.22. The average Bonchev–Trinajstić information content (AvgIpc) is 2.98. The Labute approximate surface area is 218 Å². The topological polar surface area (TPSA) is 108 Å². The number of benzene rings is 1. The fraction of sp³-hybridized carbons (Fsp3) is 0.667. The number of methoxy groups -OCH3 is 1. The van der Waals surface area contributed by atoms with Crippen molar-refractivity contribution in [3.05, 3.63) is 35.4 Å². The summed E-state index contributed by atoms with van der Waals surface area (Å²) >= 11 is 0. The Balaban J connectivity index is 0.00000136. The van der Waals surface area contributed by atoms with E-state index in [4.69, 9.17) is 9.47 Å². The SMILES string of the molecule is Br.Br.COc1ccc2c3c1O[C@H]1C[C@@H](O)C=CC31CCN(CCCN1CCCCC1)C2.O.O. The highest BCUT2D eigenvalue weighted by molar-refractivity contribution is 8.93. The highest BCUT2D eigenvalue weighted by Gasteiger charge is 2.52. The molecule has 5 N–H and O–H groups in total. The van der Waals surface area contributed by atoms with Gasteiger partial charge < -0.3 is 30.4 Å². The third-order valence-corrected chi connectivity index (χ3v) is 7.43. The minimum Gasteiger partial charge on any atom is -0.493 e. The van der Waals surface area contributed by atoms with Crippen molar-refractivity contribution in [2.24, 2.45) is 0 Å². The Kier molecular flexibility index (Phi) is 11.8. The molecule has 1 spiro atoms. The molecule has 5 rings (SSSR count). The summed E-state index contributed by atoms with van der Waals surface area (Å²) in [5.74, 6) is 1.72. The lowest BCUT2D eigenvalue weighted by Gasteiger charge is -2.36. The van der Waals surface area contributed by atoms with Crippen LogP contribution in [0, 0.1) is 0 Å². The van der Waals surface area contributed by atoms with Gasteiger partial charge in [0.25, 0.3) is 0 Å². The van der Waals surface area contributed by atoms with Gasteiger partial charge in [0.2, 0.25) is 0 Å². The van der Waals surface area contributed by atoms with E-state index < -0.39 is 6.10 Å². The molecule has 3 aliphatic heterocycles. The van der Waals surface area contributed by atoms with Crippen LogP contribution in [0.1, 0.15) is 49.7 Å². The molecule has 9 heteroatoms. The summed E-state index contributed by atoms with van der Waals surface area (Å²) in [5, 5.41) is 10.2. The molecule has 0 radical (unpaired) electrons. The van der Waals surface area contributed by atoms with Crippen LogP contribution in [0.4, 0.5) is 0 Å². The summed E-state index contributed by atoms with van der Waals surface area (Å²) in [5.41, 5.74) is 2.54. The molecule has 1 unspecified atom stereocenters. The Morgan fingerprint density at radius 1 is 1.06 bits per heavy atom. The second-order valence-electron chi connectivity index (χ2n) is 9.22. The van der Waals surface area contributed by atoms with Crippen molar-refractivity contribution < 1.29 is 25.5 Å². The Bertz CT molecular complexity index is 790. The highest BCUT2D eigenvalue weighted by Crippen LogP contribution is 2.55. The number of halogens is 2. The molecule has 7 nitrogen and oxygen atoms in total. The Hall–Kier alpha value is -0.680. The molecule has 1 fully saturated rings. The predicted molar refractivity (Wildman–Crippen MR) is 142 cm³/mol. The maximum atomic E-state index is 10.2. The lowest BCUT2D eigenvalue weighted by molar-refractivity contribution is 0.0807. The van der Waals surface area contributed by atoms with Gasteiger partial charge >= 0.3 is 0 Å². The number of likely N-dealkylation sites (tertiary alicyclic amines) is 1. The van der Waals surface area contributed by atoms with Gasteiger partial charge in [-0.05, 0) is 70.0 Å². The standard InChI is InChI=1S/C24H34N2O3.2BrH.2H2O/c1-28-20-7-6-18-17-26(14-5-13-25-11-3-2-4-12-25)15-10-24-9-8-19(27)16-21(24)29-23(20)22(18)24;;;;/h6-9,19,21,27H,2-5,10-17H2,1H3;2*1H;2*1H2/t19-,21-,24?;;;;/m0..../s1. The summed E-state index contributed by atoms with van der Waals surface area (Å²) in [4.78, 5) is 5.26. The number of hydrogen-bond acceptors (Lipinski definition) is 5. The number of ether oxygens (including phenoxy) is 2. The van der Waals surface area contributed by atoms with E-state index in [1.54, 1.807) is 7.11 Å². The number of aliphatic hydroxyl groups excluding tert-OH is 1. The minimum absolute atomic E-state index is 0. The van der Waals surface area contributed by atoms with Gasteiger partial charge in [0.15, 0.2) is 11.5 Å². The lowest BCUT2D eigenvalue weighted by atomic mass is 9.69. The number of nitrogens with zero attached hydrogens (tertiary/aromatic N) is 2. The van der Waals surface area contributed by atoms with E-state index in [9.17, 15) is 5.11 Å². The van der Waals surface area contributed by atoms with Gasteiger partial charge in [0.1, 0.15) is 6.10 Å². The predicted octanol–water partition coefficient (Wildman–Crippen LogP) is 2.60. The molecule has 1 saturated heterocycles. The first-order chi connectivity index (χ1) is 14.2. The average molecular weight is 596 g/mol. The zero-order valence-corrected chi connectivity index (χ0v) is 22.9. The van der Waals surface area contributed by atoms with Gasteiger partial charge in [-0.1, -0.05) is 24.6 Å². The van der Waals surface area contributed by atoms with Gasteiger partial charge in [-0.2, -0.15) is 0 Å². The monoisotopic (exact) mass is 594 g/mol. The first kappa shape index (κ1) is 30.4. The minimum atomic E-state index is -0.418. The van der Waals surface area contributed by atoms with Crippen LogP contribution in [0.5, 0.6) is 11.5 Å². The third-order valence-electron chi connectivity index (χ3n) is 7.43. The zero-order chi connectivity index (χ0) is 19.8. The van der Waals surface area contributed by atoms with Crippen molar-refractivity contribution in [3.8, 4) is 11.5 Å². The van der Waals surface area contributed by atoms with E-state index in [0.717, 1.165) is 37.6 Å². The fourth-order valence-corrected chi connectivity index (χ4v) is 5.89. The first-order valence-corrected chi connectivity index (χ1v) is 11.4. The van der Waals surface area contributed by atoms with Gasteiger partial charge in [-0.15, -0.1) is 34.0 Å². The second kappa shape index (κ2) is 12.9. The van der Waals surface area contributed by atoms with Crippen LogP contribution in [0.3, 0.4) is 0 Å². The molecule has 4 aliphatic rings.